The van der Waals surface area contributed by atoms with Crippen molar-refractivity contribution in [1.82, 2.24) is 0 Å². The summed E-state index contributed by atoms with van der Waals surface area (Å²) >= 11 is 0. The minimum absolute atomic E-state index is 0.0143. The lowest BCUT2D eigenvalue weighted by Gasteiger charge is -2.21. The van der Waals surface area contributed by atoms with Crippen LogP contribution >= 0.6 is 15.6 Å². The Labute approximate surface area is 615 Å². The summed E-state index contributed by atoms with van der Waals surface area (Å²) in [5.74, 6) is -2.45. The number of carbonyl (C=O) groups excluding carboxylic acids is 4. The normalized spacial score (nSPS) is 15.0. The van der Waals surface area contributed by atoms with Crippen LogP contribution in [0.4, 0.5) is 0 Å². The van der Waals surface area contributed by atoms with Crippen LogP contribution in [-0.4, -0.2) is 96.7 Å². The van der Waals surface area contributed by atoms with Crippen molar-refractivity contribution in [2.45, 2.75) is 264 Å². The predicted octanol–water partition coefficient (Wildman–Crippen LogP) is 21.8. The van der Waals surface area contributed by atoms with E-state index >= 15 is 0 Å². The minimum atomic E-state index is -5.02. The van der Waals surface area contributed by atoms with Gasteiger partial charge in [0.05, 0.1) is 32.8 Å². The van der Waals surface area contributed by atoms with Gasteiger partial charge in [0, 0.05) is 19.3 Å². The second kappa shape index (κ2) is 73.2. The third-order valence-corrected chi connectivity index (χ3v) is 16.5. The maximum Gasteiger partial charge on any atom is 0.472 e. The Morgan fingerprint density at radius 2 is 0.549 bits per heavy atom. The van der Waals surface area contributed by atoms with Crippen molar-refractivity contribution in [2.75, 3.05) is 39.6 Å². The van der Waals surface area contributed by atoms with Gasteiger partial charge >= 0.3 is 39.5 Å². The Kier molecular flexibility index (Phi) is 68.8. The molecule has 0 aromatic carbocycles. The van der Waals surface area contributed by atoms with Crippen LogP contribution in [0.25, 0.3) is 0 Å². The molecule has 0 aliphatic heterocycles. The topological polar surface area (TPSA) is 237 Å². The quantitative estimate of drug-likeness (QED) is 0.0169. The Morgan fingerprint density at radius 1 is 0.294 bits per heavy atom. The molecular formula is C83H130O17P2. The Balaban J connectivity index is 5.51. The number of phosphoric acid groups is 2. The van der Waals surface area contributed by atoms with Crippen molar-refractivity contribution < 1.29 is 80.2 Å². The van der Waals surface area contributed by atoms with Crippen LogP contribution in [0.3, 0.4) is 0 Å². The van der Waals surface area contributed by atoms with Gasteiger partial charge in [-0.25, -0.2) is 9.13 Å². The molecule has 0 radical (unpaired) electrons. The van der Waals surface area contributed by atoms with E-state index in [0.29, 0.717) is 32.1 Å². The summed E-state index contributed by atoms with van der Waals surface area (Å²) in [6.07, 6.45) is 88.9. The molecule has 0 saturated heterocycles. The van der Waals surface area contributed by atoms with E-state index in [1.165, 1.54) is 0 Å². The molecule has 0 heterocycles. The molecule has 5 unspecified atom stereocenters. The molecule has 102 heavy (non-hydrogen) atoms. The Hall–Kier alpha value is -6.10. The van der Waals surface area contributed by atoms with E-state index in [2.05, 4.69) is 192 Å². The van der Waals surface area contributed by atoms with Crippen LogP contribution in [0.5, 0.6) is 0 Å². The van der Waals surface area contributed by atoms with Crippen LogP contribution in [-0.2, 0) is 65.4 Å². The van der Waals surface area contributed by atoms with Crippen LogP contribution in [0.1, 0.15) is 246 Å². The summed E-state index contributed by atoms with van der Waals surface area (Å²) in [5.41, 5.74) is 0. The molecule has 3 N–H and O–H groups in total. The number of esters is 4. The first kappa shape index (κ1) is 95.9. The average molecular weight is 1460 g/mol. The van der Waals surface area contributed by atoms with Crippen molar-refractivity contribution in [3.63, 3.8) is 0 Å². The van der Waals surface area contributed by atoms with Crippen molar-refractivity contribution in [3.8, 4) is 0 Å². The number of unbranched alkanes of at least 4 members (excludes halogenated alkanes) is 11. The van der Waals surface area contributed by atoms with E-state index in [1.54, 1.807) is 6.08 Å². The van der Waals surface area contributed by atoms with Gasteiger partial charge in [0.15, 0.2) is 12.2 Å². The third kappa shape index (κ3) is 72.3. The van der Waals surface area contributed by atoms with Crippen molar-refractivity contribution in [3.05, 3.63) is 194 Å². The smallest absolute Gasteiger partial charge is 0.462 e. The minimum Gasteiger partial charge on any atom is -0.462 e. The number of ether oxygens (including phenoxy) is 4. The van der Waals surface area contributed by atoms with E-state index < -0.39 is 97.5 Å². The lowest BCUT2D eigenvalue weighted by Crippen LogP contribution is -2.30. The lowest BCUT2D eigenvalue weighted by atomic mass is 10.1. The summed E-state index contributed by atoms with van der Waals surface area (Å²) in [6.45, 7) is 4.19. The molecule has 0 spiro atoms. The molecular weight excluding hydrogens is 1330 g/mol. The molecule has 0 fully saturated rings. The second-order valence-electron chi connectivity index (χ2n) is 24.1. The lowest BCUT2D eigenvalue weighted by molar-refractivity contribution is -0.161. The highest BCUT2D eigenvalue weighted by Gasteiger charge is 2.30. The summed E-state index contributed by atoms with van der Waals surface area (Å²) < 4.78 is 68.2. The van der Waals surface area contributed by atoms with Gasteiger partial charge in [0.2, 0.25) is 0 Å². The summed E-state index contributed by atoms with van der Waals surface area (Å²) in [4.78, 5) is 72.8. The fraction of sp³-hybridized carbons (Fsp3) is 0.566. The van der Waals surface area contributed by atoms with E-state index in [4.69, 9.17) is 37.0 Å². The number of allylic oxidation sites excluding steroid dienone is 31. The molecule has 0 bridgehead atoms. The highest BCUT2D eigenvalue weighted by molar-refractivity contribution is 7.47. The second-order valence-corrected chi connectivity index (χ2v) is 27.0. The van der Waals surface area contributed by atoms with Gasteiger partial charge in [0.25, 0.3) is 0 Å². The van der Waals surface area contributed by atoms with Crippen molar-refractivity contribution in [2.24, 2.45) is 0 Å². The van der Waals surface area contributed by atoms with Gasteiger partial charge in [-0.05, 0) is 161 Å². The summed E-state index contributed by atoms with van der Waals surface area (Å²) in [5, 5.41) is 10.6. The molecule has 0 amide bonds. The van der Waals surface area contributed by atoms with E-state index in [9.17, 15) is 43.2 Å². The zero-order chi connectivity index (χ0) is 74.6. The molecule has 5 atom stereocenters. The monoisotopic (exact) mass is 1460 g/mol. The molecule has 17 nitrogen and oxygen atoms in total. The fourth-order valence-corrected chi connectivity index (χ4v) is 10.5. The molecule has 0 aliphatic rings. The Morgan fingerprint density at radius 3 is 0.902 bits per heavy atom. The summed E-state index contributed by atoms with van der Waals surface area (Å²) in [6, 6.07) is 0. The number of rotatable bonds is 68. The van der Waals surface area contributed by atoms with E-state index in [0.717, 1.165) is 161 Å². The van der Waals surface area contributed by atoms with Gasteiger partial charge in [-0.2, -0.15) is 0 Å². The molecule has 0 rings (SSSR count). The third-order valence-electron chi connectivity index (χ3n) is 14.5. The SMILES string of the molecule is CC/C=C\C/C=C\C/C=C\C/C=C\C/C=C\CCCCCC(=O)OCC(COP(=O)(O)OCC(O)COP(=O)(O)OCC(COC(=O)C/C=C\C/C=C\C/C=C\C/C=C\C/C=C\CC)OC(=O)CCCC/C=C\C/C=C\C/C=C\C/C=C\CC)OC(=O)CCCCCCC/C=C\C/C=C\CCC. The molecule has 19 heteroatoms. The van der Waals surface area contributed by atoms with Gasteiger partial charge in [0.1, 0.15) is 19.3 Å². The molecule has 0 aromatic heterocycles. The van der Waals surface area contributed by atoms with E-state index in [-0.39, 0.29) is 25.7 Å². The maximum absolute atomic E-state index is 13.1. The van der Waals surface area contributed by atoms with E-state index in [1.807, 2.05) is 24.3 Å². The molecule has 0 aromatic rings. The largest absolute Gasteiger partial charge is 0.472 e. The average Bonchev–Trinajstić information content (AvgIpc) is 0.908. The predicted molar refractivity (Wildman–Crippen MR) is 417 cm³/mol. The highest BCUT2D eigenvalue weighted by Crippen LogP contribution is 2.45. The van der Waals surface area contributed by atoms with Crippen LogP contribution in [0, 0.1) is 0 Å². The number of carbonyl (C=O) groups is 4. The summed E-state index contributed by atoms with van der Waals surface area (Å²) in [7, 11) is -10.0. The number of aliphatic hydroxyl groups is 1. The van der Waals surface area contributed by atoms with Crippen LogP contribution < -0.4 is 0 Å². The maximum atomic E-state index is 13.1. The highest BCUT2D eigenvalue weighted by atomic mass is 31.2. The van der Waals surface area contributed by atoms with Crippen LogP contribution in [0.2, 0.25) is 0 Å². The zero-order valence-corrected chi connectivity index (χ0v) is 64.2. The number of hydrogen-bond acceptors (Lipinski definition) is 15. The van der Waals surface area contributed by atoms with Gasteiger partial charge in [-0.1, -0.05) is 254 Å². The molecule has 0 aliphatic carbocycles. The first-order valence-electron chi connectivity index (χ1n) is 37.7. The van der Waals surface area contributed by atoms with Gasteiger partial charge < -0.3 is 33.8 Å². The van der Waals surface area contributed by atoms with Crippen molar-refractivity contribution in [1.29, 1.82) is 0 Å². The molecule has 0 saturated carbocycles. The Bertz CT molecular complexity index is 2700. The van der Waals surface area contributed by atoms with Gasteiger partial charge in [-0.3, -0.25) is 37.3 Å². The van der Waals surface area contributed by atoms with Gasteiger partial charge in [-0.15, -0.1) is 0 Å². The van der Waals surface area contributed by atoms with Crippen molar-refractivity contribution >= 4 is 39.5 Å². The number of aliphatic hydroxyl groups excluding tert-OH is 1. The fourth-order valence-electron chi connectivity index (χ4n) is 8.93. The number of phosphoric ester groups is 2. The molecule has 574 valence electrons. The van der Waals surface area contributed by atoms with Crippen LogP contribution in [0.15, 0.2) is 194 Å². The zero-order valence-electron chi connectivity index (χ0n) is 62.4. The standard InChI is InChI=1S/C83H130O17P2/c1-5-9-13-17-21-25-29-33-36-37-38-39-42-45-48-52-56-60-64-68-81(86)94-73-78(99-82(87)69-65-61-57-53-49-43-32-28-24-20-16-12-8-4)75-97-101(89,90)95-71-77(84)72-96-102(91,92)98-76-79(100-83(88)70-66-62-58-54-50-46-41-35-31-27-23-19-15-11-7-3)74-93-80(85)67-63-59-55-51-47-44-40-34-30-26-22-18-14-10-6-2/h9-11,13-16,20-23,25-28,32-36,38-41,45,47-48,50-51,54,59,63,77-79,84H,5-8,12,17-19,24,29-31,37,42-44,46,49,52-53,55-58,60-62,64-76H2,1-4H3,(H,89,90)(H,91,92)/b13-9-,14-10-,15-11-,20-16-,25-21-,26-22-,27-23-,32-28-,36-33-,39-38-,40-34-,41-35-,48-45-,51-47-,54-50-,63-59-. The first-order valence-corrected chi connectivity index (χ1v) is 40.7. The number of hydrogen-bond donors (Lipinski definition) is 3. The first-order chi connectivity index (χ1) is 49.7.